The van der Waals surface area contributed by atoms with Crippen molar-refractivity contribution in [2.24, 2.45) is 10.7 Å². The van der Waals surface area contributed by atoms with Crippen LogP contribution in [0.1, 0.15) is 23.2 Å². The van der Waals surface area contributed by atoms with Crippen LogP contribution in [0, 0.1) is 6.92 Å². The van der Waals surface area contributed by atoms with Gasteiger partial charge in [-0.25, -0.2) is 0 Å². The predicted molar refractivity (Wildman–Crippen MR) is 137 cm³/mol. The number of benzene rings is 3. The fourth-order valence-corrected chi connectivity index (χ4v) is 4.95. The van der Waals surface area contributed by atoms with E-state index in [1.807, 2.05) is 79.7 Å². The zero-order valence-electron chi connectivity index (χ0n) is 18.8. The Balaban J connectivity index is 1.46. The van der Waals surface area contributed by atoms with Gasteiger partial charge in [0.1, 0.15) is 28.9 Å². The molecule has 34 heavy (non-hydrogen) atoms. The Bertz CT molecular complexity index is 1350. The van der Waals surface area contributed by atoms with Gasteiger partial charge in [0.15, 0.2) is 0 Å². The molecule has 3 N–H and O–H groups in total. The fraction of sp³-hybridized carbons (Fsp3) is 0.185. The number of carbonyl (C=O) groups excluding carboxylic acids is 1. The predicted octanol–water partition coefficient (Wildman–Crippen LogP) is 5.59. The van der Waals surface area contributed by atoms with E-state index in [9.17, 15) is 4.79 Å². The summed E-state index contributed by atoms with van der Waals surface area (Å²) in [6.07, 6.45) is 0.317. The summed E-state index contributed by atoms with van der Waals surface area (Å²) < 4.78 is 12.4. The van der Waals surface area contributed by atoms with Gasteiger partial charge in [-0.3, -0.25) is 9.79 Å². The average Bonchev–Trinajstić information content (AvgIpc) is 3.46. The van der Waals surface area contributed by atoms with Crippen LogP contribution < -0.4 is 15.2 Å². The van der Waals surface area contributed by atoms with Crippen molar-refractivity contribution in [3.05, 3.63) is 89.6 Å². The number of hydrogen-bond acceptors (Lipinski definition) is 5. The number of aryl methyl sites for hydroxylation is 1. The lowest BCUT2D eigenvalue weighted by atomic mass is 10.2. The summed E-state index contributed by atoms with van der Waals surface area (Å²) in [6, 6.07) is 23.9. The first-order chi connectivity index (χ1) is 16.5. The summed E-state index contributed by atoms with van der Waals surface area (Å²) >= 11 is 1.58. The number of rotatable bonds is 8. The maximum Gasteiger partial charge on any atom is 0.218 e. The van der Waals surface area contributed by atoms with Crippen LogP contribution in [0.2, 0.25) is 0 Å². The molecule has 0 aliphatic carbocycles. The normalized spacial score (nSPS) is 15.3. The zero-order valence-corrected chi connectivity index (χ0v) is 19.6. The van der Waals surface area contributed by atoms with Gasteiger partial charge in [-0.05, 0) is 36.8 Å². The summed E-state index contributed by atoms with van der Waals surface area (Å²) in [7, 11) is 0. The van der Waals surface area contributed by atoms with Crippen LogP contribution in [-0.2, 0) is 11.4 Å². The molecule has 0 fully saturated rings. The SMILES string of the molecule is Cc1ccc(Oc2cc(OCc3ccccc3)c3[nH]c(C4=NCC(CC(N)=O)S4)cc3c2)cc1. The minimum Gasteiger partial charge on any atom is -0.487 e. The molecule has 1 unspecified atom stereocenters. The number of amides is 1. The van der Waals surface area contributed by atoms with Crippen molar-refractivity contribution in [2.45, 2.75) is 25.2 Å². The van der Waals surface area contributed by atoms with Crippen LogP contribution in [0.25, 0.3) is 10.9 Å². The number of carbonyl (C=O) groups is 1. The van der Waals surface area contributed by atoms with E-state index in [2.05, 4.69) is 9.98 Å². The van der Waals surface area contributed by atoms with Crippen molar-refractivity contribution in [3.8, 4) is 17.2 Å². The Morgan fingerprint density at radius 2 is 1.88 bits per heavy atom. The molecule has 6 nitrogen and oxygen atoms in total. The molecule has 1 aliphatic heterocycles. The lowest BCUT2D eigenvalue weighted by Crippen LogP contribution is -2.18. The van der Waals surface area contributed by atoms with E-state index in [0.717, 1.165) is 33.0 Å². The minimum absolute atomic E-state index is 0.0770. The molecule has 1 aromatic heterocycles. The van der Waals surface area contributed by atoms with Crippen molar-refractivity contribution in [3.63, 3.8) is 0 Å². The average molecular weight is 472 g/mol. The highest BCUT2D eigenvalue weighted by Crippen LogP contribution is 2.36. The minimum atomic E-state index is -0.305. The van der Waals surface area contributed by atoms with Crippen LogP contribution in [0.15, 0.2) is 77.8 Å². The molecule has 0 radical (unpaired) electrons. The molecule has 0 spiro atoms. The Morgan fingerprint density at radius 3 is 2.65 bits per heavy atom. The molecule has 4 aromatic rings. The number of nitrogens with two attached hydrogens (primary N) is 1. The second kappa shape index (κ2) is 9.65. The molecule has 1 amide bonds. The van der Waals surface area contributed by atoms with Crippen molar-refractivity contribution in [1.82, 2.24) is 4.98 Å². The number of H-pyrrole nitrogens is 1. The second-order valence-electron chi connectivity index (χ2n) is 8.31. The standard InChI is InChI=1S/C27H25N3O3S/c1-17-7-9-20(10-8-17)33-21-11-19-12-23(27-29-15-22(34-27)14-25(28)31)30-26(19)24(13-21)32-16-18-5-3-2-4-6-18/h2-13,22,30H,14-16H2,1H3,(H2,28,31). The van der Waals surface area contributed by atoms with Gasteiger partial charge in [0.05, 0.1) is 17.8 Å². The van der Waals surface area contributed by atoms with Crippen molar-refractivity contribution in [1.29, 1.82) is 0 Å². The molecule has 2 heterocycles. The van der Waals surface area contributed by atoms with Gasteiger partial charge in [0, 0.05) is 23.1 Å². The van der Waals surface area contributed by atoms with E-state index < -0.39 is 0 Å². The van der Waals surface area contributed by atoms with Crippen LogP contribution in [0.3, 0.4) is 0 Å². The van der Waals surface area contributed by atoms with Crippen molar-refractivity contribution >= 4 is 33.6 Å². The van der Waals surface area contributed by atoms with E-state index in [4.69, 9.17) is 15.2 Å². The topological polar surface area (TPSA) is 89.7 Å². The molecule has 0 bridgehead atoms. The maximum atomic E-state index is 11.3. The van der Waals surface area contributed by atoms with E-state index >= 15 is 0 Å². The van der Waals surface area contributed by atoms with Gasteiger partial charge in [0.25, 0.3) is 0 Å². The number of thioether (sulfide) groups is 1. The lowest BCUT2D eigenvalue weighted by molar-refractivity contribution is -0.117. The van der Waals surface area contributed by atoms with Crippen molar-refractivity contribution in [2.75, 3.05) is 6.54 Å². The van der Waals surface area contributed by atoms with Gasteiger partial charge in [-0.15, -0.1) is 0 Å². The molecule has 3 aromatic carbocycles. The third-order valence-electron chi connectivity index (χ3n) is 5.54. The number of aromatic nitrogens is 1. The zero-order chi connectivity index (χ0) is 23.5. The van der Waals surface area contributed by atoms with Gasteiger partial charge < -0.3 is 20.2 Å². The van der Waals surface area contributed by atoms with E-state index in [-0.39, 0.29) is 11.2 Å². The van der Waals surface area contributed by atoms with Gasteiger partial charge >= 0.3 is 0 Å². The molecule has 0 saturated carbocycles. The van der Waals surface area contributed by atoms with Crippen LogP contribution in [0.4, 0.5) is 0 Å². The highest BCUT2D eigenvalue weighted by molar-refractivity contribution is 8.15. The maximum absolute atomic E-state index is 11.3. The molecule has 7 heteroatoms. The molecular formula is C27H25N3O3S. The number of ether oxygens (including phenoxy) is 2. The number of aliphatic imine (C=N–C) groups is 1. The first-order valence-corrected chi connectivity index (χ1v) is 12.0. The highest BCUT2D eigenvalue weighted by Gasteiger charge is 2.24. The molecule has 172 valence electrons. The molecular weight excluding hydrogens is 446 g/mol. The Hall–Kier alpha value is -3.71. The lowest BCUT2D eigenvalue weighted by Gasteiger charge is -2.11. The second-order valence-corrected chi connectivity index (χ2v) is 9.60. The quantitative estimate of drug-likeness (QED) is 0.351. The first-order valence-electron chi connectivity index (χ1n) is 11.1. The van der Waals surface area contributed by atoms with Crippen LogP contribution in [-0.4, -0.2) is 27.7 Å². The van der Waals surface area contributed by atoms with Crippen LogP contribution >= 0.6 is 11.8 Å². The fourth-order valence-electron chi connectivity index (χ4n) is 3.85. The largest absolute Gasteiger partial charge is 0.487 e. The Labute approximate surface area is 202 Å². The Morgan fingerprint density at radius 1 is 1.09 bits per heavy atom. The van der Waals surface area contributed by atoms with Crippen LogP contribution in [0.5, 0.6) is 17.2 Å². The number of aromatic amines is 1. The summed E-state index contributed by atoms with van der Waals surface area (Å²) in [5.41, 5.74) is 9.39. The molecule has 1 aliphatic rings. The van der Waals surface area contributed by atoms with Gasteiger partial charge in [0.2, 0.25) is 5.91 Å². The first kappa shape index (κ1) is 22.1. The number of primary amides is 1. The number of hydrogen-bond donors (Lipinski definition) is 2. The van der Waals surface area contributed by atoms with Gasteiger partial charge in [-0.2, -0.15) is 0 Å². The van der Waals surface area contributed by atoms with Gasteiger partial charge in [-0.1, -0.05) is 59.8 Å². The van der Waals surface area contributed by atoms with E-state index in [1.54, 1.807) is 11.8 Å². The molecule has 1 atom stereocenters. The number of nitrogens with one attached hydrogen (secondary N) is 1. The number of nitrogens with zero attached hydrogens (tertiary/aromatic N) is 1. The third kappa shape index (κ3) is 5.10. The van der Waals surface area contributed by atoms with E-state index in [1.165, 1.54) is 5.56 Å². The number of fused-ring (bicyclic) bond motifs is 1. The highest BCUT2D eigenvalue weighted by atomic mass is 32.2. The molecule has 0 saturated heterocycles. The summed E-state index contributed by atoms with van der Waals surface area (Å²) in [6.45, 7) is 3.07. The summed E-state index contributed by atoms with van der Waals surface area (Å²) in [5.74, 6) is 1.85. The summed E-state index contributed by atoms with van der Waals surface area (Å²) in [4.78, 5) is 19.4. The monoisotopic (exact) mass is 471 g/mol. The summed E-state index contributed by atoms with van der Waals surface area (Å²) in [5, 5.41) is 1.91. The third-order valence-corrected chi connectivity index (χ3v) is 6.76. The van der Waals surface area contributed by atoms with E-state index in [0.29, 0.717) is 31.1 Å². The smallest absolute Gasteiger partial charge is 0.218 e. The Kier molecular flexibility index (Phi) is 6.27. The van der Waals surface area contributed by atoms with Crippen molar-refractivity contribution < 1.29 is 14.3 Å². The molecule has 5 rings (SSSR count).